The molecule has 0 aliphatic rings. The molecule has 107 valence electrons. The highest BCUT2D eigenvalue weighted by atomic mass is 28.1. The molecule has 0 aliphatic carbocycles. The summed E-state index contributed by atoms with van der Waals surface area (Å²) in [4.78, 5) is 22.8. The summed E-state index contributed by atoms with van der Waals surface area (Å²) in [6, 6.07) is 4.69. The number of hydrogen-bond donors (Lipinski definition) is 2. The Bertz CT molecular complexity index is 526. The lowest BCUT2D eigenvalue weighted by Gasteiger charge is -2.28. The molecule has 0 amide bonds. The Labute approximate surface area is 119 Å². The Hall–Kier alpha value is -2.02. The Morgan fingerprint density at radius 2 is 1.85 bits per heavy atom. The SMILES string of the molecule is COc1cccc(C(C(=O)O)C(C)([Si])C(=O)O)c1OC. The van der Waals surface area contributed by atoms with E-state index >= 15 is 0 Å². The number of carboxylic acids is 2. The monoisotopic (exact) mass is 295 g/mol. The summed E-state index contributed by atoms with van der Waals surface area (Å²) in [5.74, 6) is -3.37. The summed E-state index contributed by atoms with van der Waals surface area (Å²) < 4.78 is 10.3. The second kappa shape index (κ2) is 5.95. The number of hydrogen-bond acceptors (Lipinski definition) is 4. The molecule has 2 atom stereocenters. The van der Waals surface area contributed by atoms with Crippen LogP contribution in [0, 0.1) is 0 Å². The van der Waals surface area contributed by atoms with E-state index in [9.17, 15) is 19.8 Å². The van der Waals surface area contributed by atoms with E-state index in [2.05, 4.69) is 10.2 Å². The third-order valence-corrected chi connectivity index (χ3v) is 3.52. The lowest BCUT2D eigenvalue weighted by atomic mass is 9.85. The molecule has 0 saturated heterocycles. The average Bonchev–Trinajstić information content (AvgIpc) is 2.37. The van der Waals surface area contributed by atoms with Crippen LogP contribution in [0.5, 0.6) is 11.5 Å². The Morgan fingerprint density at radius 1 is 1.25 bits per heavy atom. The van der Waals surface area contributed by atoms with Crippen LogP contribution in [-0.4, -0.2) is 46.6 Å². The van der Waals surface area contributed by atoms with Gasteiger partial charge in [-0.2, -0.15) is 0 Å². The molecule has 20 heavy (non-hydrogen) atoms. The molecule has 1 aromatic rings. The predicted octanol–water partition coefficient (Wildman–Crippen LogP) is 1.30. The number of aliphatic carboxylic acids is 2. The summed E-state index contributed by atoms with van der Waals surface area (Å²) in [6.07, 6.45) is 0. The third-order valence-electron chi connectivity index (χ3n) is 3.01. The quantitative estimate of drug-likeness (QED) is 0.768. The van der Waals surface area contributed by atoms with Gasteiger partial charge in [0.2, 0.25) is 0 Å². The van der Waals surface area contributed by atoms with Gasteiger partial charge >= 0.3 is 11.9 Å². The van der Waals surface area contributed by atoms with E-state index < -0.39 is 22.9 Å². The van der Waals surface area contributed by atoms with Crippen LogP contribution in [0.15, 0.2) is 18.2 Å². The van der Waals surface area contributed by atoms with E-state index in [0.29, 0.717) is 5.75 Å². The van der Waals surface area contributed by atoms with Crippen LogP contribution in [0.4, 0.5) is 0 Å². The highest BCUT2D eigenvalue weighted by Crippen LogP contribution is 2.46. The van der Waals surface area contributed by atoms with Gasteiger partial charge in [-0.1, -0.05) is 19.1 Å². The second-order valence-electron chi connectivity index (χ2n) is 4.36. The molecule has 0 aliphatic heterocycles. The van der Waals surface area contributed by atoms with Crippen LogP contribution in [0.1, 0.15) is 18.4 Å². The molecule has 0 fully saturated rings. The van der Waals surface area contributed by atoms with Crippen molar-refractivity contribution >= 4 is 22.2 Å². The van der Waals surface area contributed by atoms with Gasteiger partial charge in [-0.25, -0.2) is 0 Å². The maximum Gasteiger partial charge on any atom is 0.311 e. The van der Waals surface area contributed by atoms with E-state index in [0.717, 1.165) is 0 Å². The minimum absolute atomic E-state index is 0.202. The molecule has 2 N–H and O–H groups in total. The molecule has 0 bridgehead atoms. The zero-order valence-electron chi connectivity index (χ0n) is 11.3. The molecular formula is C13H15O6Si. The second-order valence-corrected chi connectivity index (χ2v) is 5.40. The van der Waals surface area contributed by atoms with Crippen LogP contribution in [0.3, 0.4) is 0 Å². The van der Waals surface area contributed by atoms with Crippen molar-refractivity contribution in [3.8, 4) is 11.5 Å². The molecular weight excluding hydrogens is 280 g/mol. The maximum absolute atomic E-state index is 11.5. The predicted molar refractivity (Wildman–Crippen MR) is 71.7 cm³/mol. The van der Waals surface area contributed by atoms with Crippen LogP contribution in [0.2, 0.25) is 5.04 Å². The molecule has 6 nitrogen and oxygen atoms in total. The van der Waals surface area contributed by atoms with Gasteiger partial charge in [0.25, 0.3) is 0 Å². The zero-order valence-corrected chi connectivity index (χ0v) is 12.3. The number of carbonyl (C=O) groups is 2. The number of carboxylic acid groups (broad SMARTS) is 2. The first kappa shape index (κ1) is 16.0. The Morgan fingerprint density at radius 3 is 2.25 bits per heavy atom. The first-order valence-electron chi connectivity index (χ1n) is 5.69. The van der Waals surface area contributed by atoms with Gasteiger partial charge in [0.15, 0.2) is 11.5 Å². The molecule has 0 aromatic heterocycles. The van der Waals surface area contributed by atoms with Crippen LogP contribution >= 0.6 is 0 Å². The molecule has 2 unspecified atom stereocenters. The molecule has 0 spiro atoms. The maximum atomic E-state index is 11.5. The summed E-state index contributed by atoms with van der Waals surface area (Å²) in [7, 11) is 5.83. The van der Waals surface area contributed by atoms with Crippen molar-refractivity contribution in [2.45, 2.75) is 17.9 Å². The van der Waals surface area contributed by atoms with Gasteiger partial charge in [0, 0.05) is 15.8 Å². The number of benzene rings is 1. The van der Waals surface area contributed by atoms with Crippen molar-refractivity contribution in [1.29, 1.82) is 0 Å². The molecule has 3 radical (unpaired) electrons. The zero-order chi connectivity index (χ0) is 15.5. The summed E-state index contributed by atoms with van der Waals surface area (Å²) in [5.41, 5.74) is 0.222. The third kappa shape index (κ3) is 2.77. The number of rotatable bonds is 6. The number of methoxy groups -OCH3 is 2. The van der Waals surface area contributed by atoms with E-state index in [1.807, 2.05) is 0 Å². The van der Waals surface area contributed by atoms with Crippen LogP contribution < -0.4 is 9.47 Å². The summed E-state index contributed by atoms with van der Waals surface area (Å²) >= 11 is 0. The standard InChI is InChI=1S/C13H15O6Si/c1-13(20,12(16)17)9(11(14)15)7-5-4-6-8(18-2)10(7)19-3/h4-6,9H,1-3H3,(H,14,15)(H,16,17). The van der Waals surface area contributed by atoms with E-state index in [-0.39, 0.29) is 11.3 Å². The topological polar surface area (TPSA) is 93.1 Å². The van der Waals surface area contributed by atoms with Gasteiger partial charge in [-0.05, 0) is 6.07 Å². The Balaban J connectivity index is 3.52. The average molecular weight is 295 g/mol. The molecule has 7 heteroatoms. The van der Waals surface area contributed by atoms with Crippen molar-refractivity contribution in [3.05, 3.63) is 23.8 Å². The highest BCUT2D eigenvalue weighted by molar-refractivity contribution is 6.29. The minimum atomic E-state index is -1.69. The fourth-order valence-corrected chi connectivity index (χ4v) is 2.23. The first-order chi connectivity index (χ1) is 9.27. The minimum Gasteiger partial charge on any atom is -0.493 e. The van der Waals surface area contributed by atoms with E-state index in [1.54, 1.807) is 12.1 Å². The van der Waals surface area contributed by atoms with Gasteiger partial charge in [0.1, 0.15) is 0 Å². The molecule has 1 aromatic carbocycles. The van der Waals surface area contributed by atoms with Crippen molar-refractivity contribution < 1.29 is 29.3 Å². The first-order valence-corrected chi connectivity index (χ1v) is 6.19. The molecule has 0 saturated carbocycles. The van der Waals surface area contributed by atoms with Crippen molar-refractivity contribution in [2.75, 3.05) is 14.2 Å². The molecule has 0 heterocycles. The van der Waals surface area contributed by atoms with Crippen LogP contribution in [0.25, 0.3) is 0 Å². The lowest BCUT2D eigenvalue weighted by molar-refractivity contribution is -0.148. The van der Waals surface area contributed by atoms with Gasteiger partial charge < -0.3 is 19.7 Å². The number of ether oxygens (including phenoxy) is 2. The van der Waals surface area contributed by atoms with Gasteiger partial charge in [-0.3, -0.25) is 9.59 Å². The van der Waals surface area contributed by atoms with E-state index in [1.165, 1.54) is 27.2 Å². The van der Waals surface area contributed by atoms with Gasteiger partial charge in [-0.15, -0.1) is 0 Å². The largest absolute Gasteiger partial charge is 0.493 e. The fourth-order valence-electron chi connectivity index (χ4n) is 1.95. The number of para-hydroxylation sites is 1. The Kier molecular flexibility index (Phi) is 4.77. The highest BCUT2D eigenvalue weighted by Gasteiger charge is 2.44. The van der Waals surface area contributed by atoms with Crippen LogP contribution in [-0.2, 0) is 9.59 Å². The lowest BCUT2D eigenvalue weighted by Crippen LogP contribution is -2.33. The normalized spacial score (nSPS) is 15.0. The van der Waals surface area contributed by atoms with Crippen molar-refractivity contribution in [1.82, 2.24) is 0 Å². The van der Waals surface area contributed by atoms with Crippen molar-refractivity contribution in [2.24, 2.45) is 0 Å². The van der Waals surface area contributed by atoms with E-state index in [4.69, 9.17) is 9.47 Å². The fraction of sp³-hybridized carbons (Fsp3) is 0.385. The van der Waals surface area contributed by atoms with Gasteiger partial charge in [0.05, 0.1) is 25.2 Å². The molecule has 1 rings (SSSR count). The summed E-state index contributed by atoms with van der Waals surface area (Å²) in [5, 5.41) is 16.9. The summed E-state index contributed by atoms with van der Waals surface area (Å²) in [6.45, 7) is 1.28. The van der Waals surface area contributed by atoms with Crippen molar-refractivity contribution in [3.63, 3.8) is 0 Å². The smallest absolute Gasteiger partial charge is 0.311 e.